The van der Waals surface area contributed by atoms with Crippen LogP contribution in [-0.4, -0.2) is 9.55 Å². The summed E-state index contributed by atoms with van der Waals surface area (Å²) in [6, 6.07) is 76.5. The third kappa shape index (κ3) is 6.56. The quantitative estimate of drug-likeness (QED) is 0.118. The van der Waals surface area contributed by atoms with Gasteiger partial charge in [-0.1, -0.05) is 135 Å². The van der Waals surface area contributed by atoms with Crippen molar-refractivity contribution in [1.82, 2.24) is 9.55 Å². The van der Waals surface area contributed by atoms with Crippen LogP contribution in [-0.2, 0) is 31.9 Å². The molecule has 2 aromatic heterocycles. The average molecular weight is 1150 g/mol. The fourth-order valence-corrected chi connectivity index (χ4v) is 15.5. The van der Waals surface area contributed by atoms with Gasteiger partial charge in [0.2, 0.25) is 0 Å². The number of benzene rings is 9. The van der Waals surface area contributed by atoms with Crippen molar-refractivity contribution in [2.75, 3.05) is 9.80 Å². The molecule has 9 aromatic carbocycles. The Hall–Kier alpha value is -7.46. The van der Waals surface area contributed by atoms with Crippen LogP contribution in [0.4, 0.5) is 22.7 Å². The topological polar surface area (TPSA) is 33.5 Å². The molecule has 0 N–H and O–H groups in total. The second kappa shape index (κ2) is 16.8. The fourth-order valence-electron chi connectivity index (χ4n) is 15.5. The van der Waals surface area contributed by atoms with Crippen molar-refractivity contribution in [2.24, 2.45) is 23.7 Å². The molecular weight excluding hydrogens is 1100 g/mol. The van der Waals surface area contributed by atoms with Gasteiger partial charge in [0.25, 0.3) is 0 Å². The Bertz CT molecular complexity index is 4110. The maximum absolute atomic E-state index is 6.81. The van der Waals surface area contributed by atoms with E-state index >= 15 is 0 Å². The number of para-hydroxylation sites is 3. The maximum Gasteiger partial charge on any atom is 0.135 e. The normalized spacial score (nSPS) is 21.7. The Morgan fingerprint density at radius 3 is 2.07 bits per heavy atom. The van der Waals surface area contributed by atoms with Gasteiger partial charge in [0, 0.05) is 72.2 Å². The van der Waals surface area contributed by atoms with Crippen molar-refractivity contribution in [3.63, 3.8) is 0 Å². The second-order valence-electron chi connectivity index (χ2n) is 22.4. The Kier molecular flexibility index (Phi) is 10.1. The summed E-state index contributed by atoms with van der Waals surface area (Å²) >= 11 is 0. The number of rotatable bonds is 7. The predicted molar refractivity (Wildman–Crippen MR) is 301 cm³/mol. The third-order valence-electron chi connectivity index (χ3n) is 18.4. The molecule has 4 saturated carbocycles. The summed E-state index contributed by atoms with van der Waals surface area (Å²) in [6.07, 6.45) is 8.65. The first-order valence-electron chi connectivity index (χ1n) is 26.7. The summed E-state index contributed by atoms with van der Waals surface area (Å²) in [6.45, 7) is 6.86. The molecule has 1 aliphatic heterocycles. The zero-order chi connectivity index (χ0) is 48.9. The van der Waals surface area contributed by atoms with Crippen molar-refractivity contribution >= 4 is 66.1 Å². The van der Waals surface area contributed by atoms with E-state index in [1.165, 1.54) is 92.4 Å². The van der Waals surface area contributed by atoms with E-state index < -0.39 is 0 Å². The molecule has 0 radical (unpaired) electrons. The maximum atomic E-state index is 6.81. The summed E-state index contributed by atoms with van der Waals surface area (Å²) in [5.74, 6) is 4.96. The smallest absolute Gasteiger partial charge is 0.135 e. The van der Waals surface area contributed by atoms with Gasteiger partial charge in [-0.25, -0.2) is 4.98 Å². The van der Waals surface area contributed by atoms with E-state index in [1.807, 2.05) is 12.1 Å². The third-order valence-corrected chi connectivity index (χ3v) is 18.4. The van der Waals surface area contributed by atoms with Gasteiger partial charge in [-0.2, -0.15) is 12.1 Å². The standard InChI is InChI=1S/C69H53N4O.Pt/c1-68(2)60-20-7-5-17-55(60)57-29-26-50(40-62(57)68)72-42-71(64-23-9-10-24-65(64)72)49-14-11-15-51(39-49)74-52-27-30-59-58-18-6-8-22-63(58)73(66(59)41-52)67-38-46(31-32-70-67)69(47-34-43-33-44(36-47)37-48(69)35-43)61-21-12-19-54-53-16-4-3-13-45(53)25-28-56(54)61;/h3-32,38,40,42-44,47-48H,33-37H2,1-2H3;/q-3;. The van der Waals surface area contributed by atoms with Gasteiger partial charge < -0.3 is 19.1 Å². The Morgan fingerprint density at radius 1 is 0.533 bits per heavy atom. The molecule has 6 aliphatic rings. The average Bonchev–Trinajstić information content (AvgIpc) is 4.06. The van der Waals surface area contributed by atoms with Crippen molar-refractivity contribution in [2.45, 2.75) is 56.8 Å². The molecule has 17 rings (SSSR count). The molecule has 0 amide bonds. The molecule has 5 nitrogen and oxygen atoms in total. The molecule has 6 heteroatoms. The molecule has 0 atom stereocenters. The van der Waals surface area contributed by atoms with Crippen LogP contribution in [0.15, 0.2) is 194 Å². The van der Waals surface area contributed by atoms with Crippen LogP contribution < -0.4 is 14.5 Å². The zero-order valence-electron chi connectivity index (χ0n) is 41.9. The predicted octanol–water partition coefficient (Wildman–Crippen LogP) is 17.3. The molecule has 75 heavy (non-hydrogen) atoms. The number of anilines is 4. The Balaban J connectivity index is 0.00000495. The Morgan fingerprint density at radius 2 is 1.21 bits per heavy atom. The van der Waals surface area contributed by atoms with E-state index in [0.717, 1.165) is 56.8 Å². The summed E-state index contributed by atoms with van der Waals surface area (Å²) in [5.41, 5.74) is 14.3. The molecule has 0 saturated heterocycles. The van der Waals surface area contributed by atoms with Gasteiger partial charge in [0.1, 0.15) is 5.82 Å². The fraction of sp³-hybridized carbons (Fsp3) is 0.188. The zero-order valence-corrected chi connectivity index (χ0v) is 44.2. The van der Waals surface area contributed by atoms with Gasteiger partial charge in [-0.05, 0) is 159 Å². The first-order valence-corrected chi connectivity index (χ1v) is 26.7. The largest absolute Gasteiger partial charge is 0.509 e. The molecule has 4 bridgehead atoms. The van der Waals surface area contributed by atoms with E-state index in [-0.39, 0.29) is 31.9 Å². The van der Waals surface area contributed by atoms with E-state index in [4.69, 9.17) is 9.72 Å². The summed E-state index contributed by atoms with van der Waals surface area (Å²) in [5, 5.41) is 7.66. The van der Waals surface area contributed by atoms with Gasteiger partial charge >= 0.3 is 0 Å². The van der Waals surface area contributed by atoms with Crippen LogP contribution in [0.1, 0.15) is 68.2 Å². The number of pyridine rings is 1. The van der Waals surface area contributed by atoms with Gasteiger partial charge in [0.15, 0.2) is 0 Å². The molecule has 368 valence electrons. The minimum absolute atomic E-state index is 0. The van der Waals surface area contributed by atoms with Crippen LogP contribution in [0.25, 0.3) is 60.3 Å². The van der Waals surface area contributed by atoms with Gasteiger partial charge in [-0.3, -0.25) is 0 Å². The van der Waals surface area contributed by atoms with E-state index in [9.17, 15) is 0 Å². The van der Waals surface area contributed by atoms with Crippen molar-refractivity contribution in [3.05, 3.63) is 235 Å². The summed E-state index contributed by atoms with van der Waals surface area (Å²) < 4.78 is 9.13. The van der Waals surface area contributed by atoms with Crippen LogP contribution in [0.3, 0.4) is 0 Å². The Labute approximate surface area is 452 Å². The van der Waals surface area contributed by atoms with Crippen molar-refractivity contribution in [3.8, 4) is 28.4 Å². The number of hydrogen-bond acceptors (Lipinski definition) is 4. The van der Waals surface area contributed by atoms with Crippen LogP contribution >= 0.6 is 0 Å². The first kappa shape index (κ1) is 45.0. The summed E-state index contributed by atoms with van der Waals surface area (Å²) in [7, 11) is 0. The van der Waals surface area contributed by atoms with E-state index in [2.05, 4.69) is 229 Å². The van der Waals surface area contributed by atoms with Crippen LogP contribution in [0, 0.1) is 42.5 Å². The van der Waals surface area contributed by atoms with Gasteiger partial charge in [0.05, 0.1) is 0 Å². The van der Waals surface area contributed by atoms with Crippen molar-refractivity contribution in [1.29, 1.82) is 0 Å². The summed E-state index contributed by atoms with van der Waals surface area (Å²) in [4.78, 5) is 9.77. The number of aromatic nitrogens is 2. The molecule has 0 spiro atoms. The number of nitrogens with zero attached hydrogens (tertiary/aromatic N) is 4. The number of fused-ring (bicyclic) bond motifs is 10. The minimum Gasteiger partial charge on any atom is -0.509 e. The molecular formula is C69H53N4OPt-3. The number of hydrogen-bond donors (Lipinski definition) is 0. The molecule has 4 fully saturated rings. The van der Waals surface area contributed by atoms with Gasteiger partial charge in [-0.15, -0.1) is 48.1 Å². The molecule has 3 heterocycles. The van der Waals surface area contributed by atoms with E-state index in [0.29, 0.717) is 23.3 Å². The van der Waals surface area contributed by atoms with Crippen LogP contribution in [0.2, 0.25) is 0 Å². The molecule has 5 aliphatic carbocycles. The molecule has 0 unspecified atom stereocenters. The number of ether oxygens (including phenoxy) is 1. The second-order valence-corrected chi connectivity index (χ2v) is 22.4. The van der Waals surface area contributed by atoms with Crippen molar-refractivity contribution < 1.29 is 25.8 Å². The monoisotopic (exact) mass is 1150 g/mol. The van der Waals surface area contributed by atoms with E-state index in [1.54, 1.807) is 0 Å². The van der Waals surface area contributed by atoms with Crippen LogP contribution in [0.5, 0.6) is 11.5 Å². The SMILES string of the molecule is CC1(C)c2ccccc2-c2ccc(N3[CH-]N(c4[c-]c(Oc5[c-]c6c(cc5)c5ccccc5n6-c5cc(C6(c7cccc8c7ccc7ccccc78)C7CC8CC(C7)CC6C8)ccn5)ccc4)c4ccccc43)cc21.[Pt]. The minimum atomic E-state index is -0.125. The molecule has 11 aromatic rings. The first-order chi connectivity index (χ1) is 36.4.